The Bertz CT molecular complexity index is 536. The van der Waals surface area contributed by atoms with Crippen LogP contribution in [0.1, 0.15) is 46.3 Å². The Balaban J connectivity index is 2.58. The van der Waals surface area contributed by atoms with Gasteiger partial charge in [0.15, 0.2) is 0 Å². The SMILES string of the molecule is Cc1c(C)c(C)c2c(c1C)CCN(C(=O)CCl)[C@@H]2C. The van der Waals surface area contributed by atoms with E-state index in [1.807, 2.05) is 4.90 Å². The molecule has 3 heteroatoms. The Morgan fingerprint density at radius 1 is 1.16 bits per heavy atom. The molecule has 19 heavy (non-hydrogen) atoms. The van der Waals surface area contributed by atoms with Gasteiger partial charge in [-0.25, -0.2) is 0 Å². The summed E-state index contributed by atoms with van der Waals surface area (Å²) >= 11 is 5.71. The first-order chi connectivity index (χ1) is 8.90. The van der Waals surface area contributed by atoms with E-state index in [-0.39, 0.29) is 17.8 Å². The summed E-state index contributed by atoms with van der Waals surface area (Å²) in [5.74, 6) is 0.109. The van der Waals surface area contributed by atoms with Crippen LogP contribution in [0.25, 0.3) is 0 Å². The second kappa shape index (κ2) is 5.16. The van der Waals surface area contributed by atoms with Crippen molar-refractivity contribution in [2.45, 2.75) is 47.1 Å². The summed E-state index contributed by atoms with van der Waals surface area (Å²) in [7, 11) is 0. The van der Waals surface area contributed by atoms with Crippen LogP contribution in [0.15, 0.2) is 0 Å². The van der Waals surface area contributed by atoms with Crippen molar-refractivity contribution in [3.63, 3.8) is 0 Å². The highest BCUT2D eigenvalue weighted by atomic mass is 35.5. The molecule has 1 aliphatic rings. The monoisotopic (exact) mass is 279 g/mol. The third-order valence-corrected chi connectivity index (χ3v) is 5.02. The first-order valence-corrected chi connectivity index (χ1v) is 7.38. The molecular formula is C16H22ClNO. The van der Waals surface area contributed by atoms with Crippen molar-refractivity contribution in [3.05, 3.63) is 33.4 Å². The van der Waals surface area contributed by atoms with Crippen molar-refractivity contribution in [2.24, 2.45) is 0 Å². The summed E-state index contributed by atoms with van der Waals surface area (Å²) in [6, 6.07) is 0.132. The Morgan fingerprint density at radius 3 is 2.32 bits per heavy atom. The molecule has 1 aliphatic heterocycles. The highest BCUT2D eigenvalue weighted by Gasteiger charge is 2.30. The number of benzene rings is 1. The Kier molecular flexibility index (Phi) is 3.91. The maximum absolute atomic E-state index is 11.9. The van der Waals surface area contributed by atoms with E-state index in [9.17, 15) is 4.79 Å². The van der Waals surface area contributed by atoms with Crippen LogP contribution in [0.2, 0.25) is 0 Å². The number of carbonyl (C=O) groups excluding carboxylic acids is 1. The largest absolute Gasteiger partial charge is 0.335 e. The van der Waals surface area contributed by atoms with Gasteiger partial charge in [-0.3, -0.25) is 4.79 Å². The molecule has 1 aromatic rings. The minimum absolute atomic E-state index is 0.0371. The van der Waals surface area contributed by atoms with E-state index in [0.717, 1.165) is 13.0 Å². The van der Waals surface area contributed by atoms with Crippen molar-refractivity contribution >= 4 is 17.5 Å². The maximum atomic E-state index is 11.9. The van der Waals surface area contributed by atoms with Gasteiger partial charge in [0.1, 0.15) is 5.88 Å². The van der Waals surface area contributed by atoms with Crippen LogP contribution in [0.4, 0.5) is 0 Å². The molecule has 2 nitrogen and oxygen atoms in total. The van der Waals surface area contributed by atoms with Gasteiger partial charge in [0.2, 0.25) is 5.91 Å². The molecule has 0 bridgehead atoms. The smallest absolute Gasteiger partial charge is 0.238 e. The highest BCUT2D eigenvalue weighted by molar-refractivity contribution is 6.27. The van der Waals surface area contributed by atoms with E-state index in [0.29, 0.717) is 0 Å². The van der Waals surface area contributed by atoms with E-state index >= 15 is 0 Å². The molecule has 0 spiro atoms. The number of rotatable bonds is 1. The predicted octanol–water partition coefficient (Wildman–Crippen LogP) is 3.60. The third-order valence-electron chi connectivity index (χ3n) is 4.79. The summed E-state index contributed by atoms with van der Waals surface area (Å²) in [5.41, 5.74) is 8.24. The fourth-order valence-corrected chi connectivity index (χ4v) is 3.46. The lowest BCUT2D eigenvalue weighted by molar-refractivity contribution is -0.131. The molecule has 1 atom stereocenters. The Labute approximate surface area is 120 Å². The summed E-state index contributed by atoms with van der Waals surface area (Å²) < 4.78 is 0. The number of hydrogen-bond donors (Lipinski definition) is 0. The van der Waals surface area contributed by atoms with Crippen molar-refractivity contribution < 1.29 is 4.79 Å². The summed E-state index contributed by atoms with van der Waals surface area (Å²) in [6.45, 7) is 11.6. The molecular weight excluding hydrogens is 258 g/mol. The first kappa shape index (κ1) is 14.4. The number of nitrogens with zero attached hydrogens (tertiary/aromatic N) is 1. The molecule has 0 fully saturated rings. The second-order valence-electron chi connectivity index (χ2n) is 5.54. The quantitative estimate of drug-likeness (QED) is 0.719. The van der Waals surface area contributed by atoms with Crippen molar-refractivity contribution in [2.75, 3.05) is 12.4 Å². The Morgan fingerprint density at radius 2 is 1.74 bits per heavy atom. The van der Waals surface area contributed by atoms with Gasteiger partial charge in [0, 0.05) is 6.54 Å². The van der Waals surface area contributed by atoms with E-state index in [1.54, 1.807) is 0 Å². The molecule has 0 aliphatic carbocycles. The van der Waals surface area contributed by atoms with Crippen molar-refractivity contribution in [1.82, 2.24) is 4.90 Å². The molecule has 1 heterocycles. The topological polar surface area (TPSA) is 20.3 Å². The summed E-state index contributed by atoms with van der Waals surface area (Å²) in [6.07, 6.45) is 0.941. The molecule has 0 saturated carbocycles. The number of fused-ring (bicyclic) bond motifs is 1. The van der Waals surface area contributed by atoms with Gasteiger partial charge in [-0.15, -0.1) is 11.6 Å². The molecule has 104 valence electrons. The van der Waals surface area contributed by atoms with Gasteiger partial charge in [-0.2, -0.15) is 0 Å². The van der Waals surface area contributed by atoms with Crippen LogP contribution in [0.5, 0.6) is 0 Å². The molecule has 0 saturated heterocycles. The number of amides is 1. The first-order valence-electron chi connectivity index (χ1n) is 6.84. The van der Waals surface area contributed by atoms with Crippen molar-refractivity contribution in [1.29, 1.82) is 0 Å². The van der Waals surface area contributed by atoms with Crippen LogP contribution < -0.4 is 0 Å². The zero-order valence-electron chi connectivity index (χ0n) is 12.4. The van der Waals surface area contributed by atoms with Crippen molar-refractivity contribution in [3.8, 4) is 0 Å². The number of halogens is 1. The van der Waals surface area contributed by atoms with Gasteiger partial charge in [-0.05, 0) is 74.4 Å². The van der Waals surface area contributed by atoms with Gasteiger partial charge < -0.3 is 4.90 Å². The van der Waals surface area contributed by atoms with Crippen LogP contribution in [0.3, 0.4) is 0 Å². The Hall–Kier alpha value is -1.02. The van der Waals surface area contributed by atoms with Gasteiger partial charge >= 0.3 is 0 Å². The number of alkyl halides is 1. The summed E-state index contributed by atoms with van der Waals surface area (Å²) in [4.78, 5) is 13.8. The lowest BCUT2D eigenvalue weighted by atomic mass is 9.82. The normalized spacial score (nSPS) is 18.4. The van der Waals surface area contributed by atoms with Gasteiger partial charge in [0.05, 0.1) is 6.04 Å². The standard InChI is InChI=1S/C16H22ClNO/c1-9-10(2)12(4)16-13(5)18(15(19)8-17)7-6-14(16)11(9)3/h13H,6-8H2,1-5H3/t13-/m1/s1. The molecule has 1 aromatic carbocycles. The fraction of sp³-hybridized carbons (Fsp3) is 0.562. The molecule has 0 radical (unpaired) electrons. The lowest BCUT2D eigenvalue weighted by Gasteiger charge is -2.38. The van der Waals surface area contributed by atoms with E-state index in [1.165, 1.54) is 33.4 Å². The zero-order chi connectivity index (χ0) is 14.3. The third kappa shape index (κ3) is 2.16. The van der Waals surface area contributed by atoms with Crippen LogP contribution in [0, 0.1) is 27.7 Å². The van der Waals surface area contributed by atoms with E-state index in [4.69, 9.17) is 11.6 Å². The molecule has 0 unspecified atom stereocenters. The number of carbonyl (C=O) groups is 1. The average Bonchev–Trinajstić information content (AvgIpc) is 2.41. The fourth-order valence-electron chi connectivity index (χ4n) is 3.31. The average molecular weight is 280 g/mol. The van der Waals surface area contributed by atoms with Crippen LogP contribution >= 0.6 is 11.6 Å². The highest BCUT2D eigenvalue weighted by Crippen LogP contribution is 2.37. The summed E-state index contributed by atoms with van der Waals surface area (Å²) in [5, 5.41) is 0. The van der Waals surface area contributed by atoms with E-state index < -0.39 is 0 Å². The maximum Gasteiger partial charge on any atom is 0.238 e. The molecule has 2 rings (SSSR count). The second-order valence-corrected chi connectivity index (χ2v) is 5.81. The lowest BCUT2D eigenvalue weighted by Crippen LogP contribution is -2.40. The zero-order valence-corrected chi connectivity index (χ0v) is 13.2. The molecule has 0 N–H and O–H groups in total. The minimum Gasteiger partial charge on any atom is -0.335 e. The molecule has 1 amide bonds. The van der Waals surface area contributed by atoms with Crippen LogP contribution in [-0.4, -0.2) is 23.2 Å². The molecule has 0 aromatic heterocycles. The number of hydrogen-bond acceptors (Lipinski definition) is 1. The van der Waals surface area contributed by atoms with E-state index in [2.05, 4.69) is 34.6 Å². The van der Waals surface area contributed by atoms with Gasteiger partial charge in [0.25, 0.3) is 0 Å². The van der Waals surface area contributed by atoms with Crippen LogP contribution in [-0.2, 0) is 11.2 Å². The predicted molar refractivity (Wildman–Crippen MR) is 79.9 cm³/mol. The van der Waals surface area contributed by atoms with Gasteiger partial charge in [-0.1, -0.05) is 0 Å². The minimum atomic E-state index is 0.0371.